The number of carbonyl (C=O) groups is 3. The molecule has 0 spiro atoms. The lowest BCUT2D eigenvalue weighted by Crippen LogP contribution is -2.44. The number of ketones is 1. The van der Waals surface area contributed by atoms with Gasteiger partial charge < -0.3 is 10.6 Å². The van der Waals surface area contributed by atoms with Gasteiger partial charge >= 0.3 is 0 Å². The average molecular weight is 319 g/mol. The van der Waals surface area contributed by atoms with E-state index in [9.17, 15) is 14.4 Å². The average Bonchev–Trinajstić information content (AvgIpc) is 2.52. The van der Waals surface area contributed by atoms with Gasteiger partial charge in [0.1, 0.15) is 0 Å². The quantitative estimate of drug-likeness (QED) is 0.715. The van der Waals surface area contributed by atoms with Crippen LogP contribution >= 0.6 is 0 Å². The number of nitrogens with one attached hydrogen (secondary N) is 2. The van der Waals surface area contributed by atoms with Gasteiger partial charge in [0.15, 0.2) is 5.78 Å². The molecule has 6 heteroatoms. The number of benzene rings is 1. The van der Waals surface area contributed by atoms with Gasteiger partial charge in [-0.3, -0.25) is 19.3 Å². The van der Waals surface area contributed by atoms with E-state index in [1.54, 1.807) is 43.1 Å². The van der Waals surface area contributed by atoms with Gasteiger partial charge in [-0.1, -0.05) is 6.92 Å². The van der Waals surface area contributed by atoms with Crippen molar-refractivity contribution in [3.05, 3.63) is 29.8 Å². The summed E-state index contributed by atoms with van der Waals surface area (Å²) in [6.45, 7) is 6.02. The summed E-state index contributed by atoms with van der Waals surface area (Å²) in [4.78, 5) is 36.8. The van der Waals surface area contributed by atoms with Crippen molar-refractivity contribution in [3.8, 4) is 0 Å². The number of hydrogen-bond donors (Lipinski definition) is 2. The van der Waals surface area contributed by atoms with Crippen molar-refractivity contribution in [2.24, 2.45) is 0 Å². The zero-order chi connectivity index (χ0) is 17.4. The highest BCUT2D eigenvalue weighted by atomic mass is 16.2. The van der Waals surface area contributed by atoms with Gasteiger partial charge in [-0.2, -0.15) is 0 Å². The highest BCUT2D eigenvalue weighted by Gasteiger charge is 2.20. The number of likely N-dealkylation sites (N-methyl/N-ethyl adjacent to an activating group) is 1. The predicted molar refractivity (Wildman–Crippen MR) is 90.5 cm³/mol. The fraction of sp³-hybridized carbons (Fsp3) is 0.471. The number of carbonyl (C=O) groups excluding carboxylic acids is 3. The summed E-state index contributed by atoms with van der Waals surface area (Å²) < 4.78 is 0. The van der Waals surface area contributed by atoms with Crippen LogP contribution in [0.25, 0.3) is 0 Å². The Balaban J connectivity index is 2.55. The van der Waals surface area contributed by atoms with Crippen molar-refractivity contribution < 1.29 is 14.4 Å². The third kappa shape index (κ3) is 6.20. The normalized spacial score (nSPS) is 11.9. The molecule has 2 amide bonds. The van der Waals surface area contributed by atoms with Gasteiger partial charge in [-0.25, -0.2) is 0 Å². The van der Waals surface area contributed by atoms with Gasteiger partial charge in [0.25, 0.3) is 0 Å². The Morgan fingerprint density at radius 3 is 2.30 bits per heavy atom. The lowest BCUT2D eigenvalue weighted by molar-refractivity contribution is -0.124. The Bertz CT molecular complexity index is 555. The number of rotatable bonds is 8. The molecule has 0 aliphatic rings. The maximum Gasteiger partial charge on any atom is 0.241 e. The molecule has 0 fully saturated rings. The first-order valence-electron chi connectivity index (χ1n) is 7.74. The smallest absolute Gasteiger partial charge is 0.241 e. The van der Waals surface area contributed by atoms with Crippen LogP contribution in [0.5, 0.6) is 0 Å². The first kappa shape index (κ1) is 18.8. The summed E-state index contributed by atoms with van der Waals surface area (Å²) in [5, 5.41) is 5.56. The SMILES string of the molecule is CCCNC(=O)CN(C)[C@@H](C)C(=O)Nc1ccc(C(C)=O)cc1. The zero-order valence-corrected chi connectivity index (χ0v) is 14.2. The van der Waals surface area contributed by atoms with Crippen molar-refractivity contribution >= 4 is 23.3 Å². The third-order valence-corrected chi connectivity index (χ3v) is 3.56. The maximum atomic E-state index is 12.2. The van der Waals surface area contributed by atoms with Crippen LogP contribution in [0.15, 0.2) is 24.3 Å². The Labute approximate surface area is 137 Å². The maximum absolute atomic E-state index is 12.2. The van der Waals surface area contributed by atoms with E-state index in [1.807, 2.05) is 6.92 Å². The molecular formula is C17H25N3O3. The topological polar surface area (TPSA) is 78.5 Å². The van der Waals surface area contributed by atoms with E-state index in [-0.39, 0.29) is 24.1 Å². The molecule has 1 aromatic carbocycles. The highest BCUT2D eigenvalue weighted by Crippen LogP contribution is 2.11. The zero-order valence-electron chi connectivity index (χ0n) is 14.2. The molecule has 0 aromatic heterocycles. The van der Waals surface area contributed by atoms with E-state index in [0.717, 1.165) is 6.42 Å². The molecule has 2 N–H and O–H groups in total. The van der Waals surface area contributed by atoms with E-state index >= 15 is 0 Å². The minimum atomic E-state index is -0.449. The van der Waals surface area contributed by atoms with E-state index in [0.29, 0.717) is 17.8 Å². The minimum absolute atomic E-state index is 0.0194. The van der Waals surface area contributed by atoms with Crippen LogP contribution in [0.1, 0.15) is 37.6 Å². The monoisotopic (exact) mass is 319 g/mol. The molecule has 0 radical (unpaired) electrons. The Kier molecular flexibility index (Phi) is 7.41. The molecule has 23 heavy (non-hydrogen) atoms. The molecule has 0 unspecified atom stereocenters. The Morgan fingerprint density at radius 2 is 1.78 bits per heavy atom. The number of nitrogens with zero attached hydrogens (tertiary/aromatic N) is 1. The lowest BCUT2D eigenvalue weighted by atomic mass is 10.1. The molecular weight excluding hydrogens is 294 g/mol. The summed E-state index contributed by atoms with van der Waals surface area (Å²) in [5.41, 5.74) is 1.22. The summed E-state index contributed by atoms with van der Waals surface area (Å²) in [6.07, 6.45) is 0.877. The van der Waals surface area contributed by atoms with Crippen molar-refractivity contribution in [2.45, 2.75) is 33.2 Å². The van der Waals surface area contributed by atoms with E-state index < -0.39 is 6.04 Å². The Hall–Kier alpha value is -2.21. The molecule has 126 valence electrons. The largest absolute Gasteiger partial charge is 0.355 e. The van der Waals surface area contributed by atoms with Crippen LogP contribution in [-0.2, 0) is 9.59 Å². The van der Waals surface area contributed by atoms with Gasteiger partial charge in [0.05, 0.1) is 12.6 Å². The Morgan fingerprint density at radius 1 is 1.17 bits per heavy atom. The summed E-state index contributed by atoms with van der Waals surface area (Å²) in [5.74, 6) is -0.319. The molecule has 0 aliphatic heterocycles. The highest BCUT2D eigenvalue weighted by molar-refractivity contribution is 5.97. The number of Topliss-reactive ketones (excluding diaryl/α,β-unsaturated/α-hetero) is 1. The second-order valence-corrected chi connectivity index (χ2v) is 5.56. The van der Waals surface area contributed by atoms with Gasteiger partial charge in [0.2, 0.25) is 11.8 Å². The second kappa shape index (κ2) is 9.05. The van der Waals surface area contributed by atoms with Crippen LogP contribution < -0.4 is 10.6 Å². The third-order valence-electron chi connectivity index (χ3n) is 3.56. The molecule has 0 heterocycles. The van der Waals surface area contributed by atoms with E-state index in [2.05, 4.69) is 10.6 Å². The van der Waals surface area contributed by atoms with Gasteiger partial charge in [0, 0.05) is 17.8 Å². The number of amides is 2. The fourth-order valence-corrected chi connectivity index (χ4v) is 1.92. The minimum Gasteiger partial charge on any atom is -0.355 e. The second-order valence-electron chi connectivity index (χ2n) is 5.56. The fourth-order valence-electron chi connectivity index (χ4n) is 1.92. The first-order valence-corrected chi connectivity index (χ1v) is 7.74. The van der Waals surface area contributed by atoms with Crippen LogP contribution in [0, 0.1) is 0 Å². The predicted octanol–water partition coefficient (Wildman–Crippen LogP) is 1.67. The molecule has 1 aromatic rings. The molecule has 6 nitrogen and oxygen atoms in total. The molecule has 1 rings (SSSR count). The van der Waals surface area contributed by atoms with Crippen LogP contribution in [0.4, 0.5) is 5.69 Å². The van der Waals surface area contributed by atoms with Gasteiger partial charge in [-0.05, 0) is 51.6 Å². The van der Waals surface area contributed by atoms with Gasteiger partial charge in [-0.15, -0.1) is 0 Å². The summed E-state index contributed by atoms with van der Waals surface area (Å²) in [7, 11) is 1.73. The molecule has 0 saturated heterocycles. The standard InChI is InChI=1S/C17H25N3O3/c1-5-10-18-16(22)11-20(4)12(2)17(23)19-15-8-6-14(7-9-15)13(3)21/h6-9,12H,5,10-11H2,1-4H3,(H,18,22)(H,19,23)/t12-/m0/s1. The summed E-state index contributed by atoms with van der Waals surface area (Å²) >= 11 is 0. The lowest BCUT2D eigenvalue weighted by Gasteiger charge is -2.23. The van der Waals surface area contributed by atoms with Crippen molar-refractivity contribution in [1.29, 1.82) is 0 Å². The van der Waals surface area contributed by atoms with Crippen molar-refractivity contribution in [3.63, 3.8) is 0 Å². The first-order chi connectivity index (χ1) is 10.8. The number of anilines is 1. The van der Waals surface area contributed by atoms with E-state index in [1.165, 1.54) is 6.92 Å². The molecule has 0 aliphatic carbocycles. The van der Waals surface area contributed by atoms with Crippen molar-refractivity contribution in [2.75, 3.05) is 25.5 Å². The number of hydrogen-bond acceptors (Lipinski definition) is 4. The van der Waals surface area contributed by atoms with Crippen LogP contribution in [0.2, 0.25) is 0 Å². The van der Waals surface area contributed by atoms with Crippen LogP contribution in [-0.4, -0.2) is 48.7 Å². The molecule has 1 atom stereocenters. The molecule has 0 saturated carbocycles. The van der Waals surface area contributed by atoms with Crippen LogP contribution in [0.3, 0.4) is 0 Å². The van der Waals surface area contributed by atoms with E-state index in [4.69, 9.17) is 0 Å². The summed E-state index contributed by atoms with van der Waals surface area (Å²) in [6, 6.07) is 6.27. The molecule has 0 bridgehead atoms. The van der Waals surface area contributed by atoms with Crippen molar-refractivity contribution in [1.82, 2.24) is 10.2 Å².